The number of sulfonamides is 2. The van der Waals surface area contributed by atoms with Crippen molar-refractivity contribution in [3.63, 3.8) is 0 Å². The third-order valence-electron chi connectivity index (χ3n) is 7.14. The molecule has 2 aliphatic rings. The van der Waals surface area contributed by atoms with E-state index in [0.29, 0.717) is 30.0 Å². The van der Waals surface area contributed by atoms with E-state index in [4.69, 9.17) is 16.3 Å². The first-order valence-corrected chi connectivity index (χ1v) is 16.6. The predicted molar refractivity (Wildman–Crippen MR) is 156 cm³/mol. The Bertz CT molecular complexity index is 1770. The van der Waals surface area contributed by atoms with Gasteiger partial charge in [0, 0.05) is 12.1 Å². The molecule has 0 radical (unpaired) electrons. The molecule has 0 unspecified atom stereocenters. The molecule has 3 aromatic rings. The number of fused-ring (bicyclic) bond motifs is 1. The van der Waals surface area contributed by atoms with Crippen molar-refractivity contribution in [2.24, 2.45) is 0 Å². The van der Waals surface area contributed by atoms with E-state index in [2.05, 4.69) is 4.72 Å². The molecule has 1 fully saturated rings. The second-order valence-corrected chi connectivity index (χ2v) is 14.7. The van der Waals surface area contributed by atoms with Gasteiger partial charge < -0.3 is 4.74 Å². The van der Waals surface area contributed by atoms with E-state index in [9.17, 15) is 34.4 Å². The van der Waals surface area contributed by atoms with Crippen molar-refractivity contribution in [1.82, 2.24) is 4.72 Å². The van der Waals surface area contributed by atoms with Crippen LogP contribution in [0.2, 0.25) is 5.02 Å². The predicted octanol–water partition coefficient (Wildman–Crippen LogP) is 6.49. The molecule has 0 amide bonds. The monoisotopic (exact) mass is 658 g/mol. The average molecular weight is 659 g/mol. The molecular formula is C29H27ClF4N2O5S2. The summed E-state index contributed by atoms with van der Waals surface area (Å²) in [6.45, 7) is 1.33. The summed E-state index contributed by atoms with van der Waals surface area (Å²) in [4.78, 5) is -0.571. The van der Waals surface area contributed by atoms with Crippen molar-refractivity contribution in [3.05, 3.63) is 88.2 Å². The van der Waals surface area contributed by atoms with Crippen LogP contribution >= 0.6 is 11.6 Å². The van der Waals surface area contributed by atoms with Gasteiger partial charge in [0.05, 0.1) is 33.0 Å². The van der Waals surface area contributed by atoms with Crippen molar-refractivity contribution in [2.45, 2.75) is 48.6 Å². The second-order valence-electron chi connectivity index (χ2n) is 10.4. The fourth-order valence-corrected chi connectivity index (χ4v) is 8.06. The molecule has 1 heterocycles. The highest BCUT2D eigenvalue weighted by Gasteiger charge is 2.38. The van der Waals surface area contributed by atoms with E-state index in [-0.39, 0.29) is 41.5 Å². The third kappa shape index (κ3) is 6.84. The van der Waals surface area contributed by atoms with Crippen molar-refractivity contribution in [1.29, 1.82) is 0 Å². The number of rotatable bonds is 9. The number of nitrogens with one attached hydrogen (secondary N) is 1. The van der Waals surface area contributed by atoms with E-state index in [0.717, 1.165) is 22.5 Å². The van der Waals surface area contributed by atoms with Gasteiger partial charge >= 0.3 is 6.18 Å². The lowest BCUT2D eigenvalue weighted by atomic mass is 10.0. The van der Waals surface area contributed by atoms with Gasteiger partial charge in [-0.3, -0.25) is 4.31 Å². The Balaban J connectivity index is 1.51. The average Bonchev–Trinajstić information content (AvgIpc) is 3.79. The van der Waals surface area contributed by atoms with Gasteiger partial charge in [-0.15, -0.1) is 0 Å². The maximum Gasteiger partial charge on any atom is 0.416 e. The molecule has 43 heavy (non-hydrogen) atoms. The first-order valence-electron chi connectivity index (χ1n) is 13.3. The lowest BCUT2D eigenvalue weighted by molar-refractivity contribution is -0.137. The third-order valence-corrected chi connectivity index (χ3v) is 11.2. The normalized spacial score (nSPS) is 17.9. The van der Waals surface area contributed by atoms with Crippen LogP contribution in [0.1, 0.15) is 42.9 Å². The molecule has 3 aromatic carbocycles. The van der Waals surface area contributed by atoms with Crippen molar-refractivity contribution in [2.75, 3.05) is 17.4 Å². The summed E-state index contributed by atoms with van der Waals surface area (Å²) in [5.41, 5.74) is 0.0165. The van der Waals surface area contributed by atoms with E-state index < -0.39 is 53.9 Å². The lowest BCUT2D eigenvalue weighted by Crippen LogP contribution is -2.45. The van der Waals surface area contributed by atoms with E-state index in [1.807, 2.05) is 0 Å². The standard InChI is InChI=1S/C29H27ClF4N2O5S2/c1-18(28-24(30)6-3-7-25(28)31)14-19-8-11-27-26(15-19)36(17-21(41-27)12-13-35-42(37,38)22-9-10-22)43(39,40)23-5-2-4-20(16-23)29(32,33)34/h2-8,11,14-16,21-22,35H,9-10,12-13,17H2,1H3/b18-14+/t21-/m0/s1. The summed E-state index contributed by atoms with van der Waals surface area (Å²) in [5, 5.41) is -0.253. The smallest absolute Gasteiger partial charge is 0.416 e. The Morgan fingerprint density at radius 1 is 1.07 bits per heavy atom. The summed E-state index contributed by atoms with van der Waals surface area (Å²) < 4.78 is 117. The van der Waals surface area contributed by atoms with E-state index in [1.54, 1.807) is 19.1 Å². The maximum absolute atomic E-state index is 14.5. The Labute approximate surface area is 252 Å². The summed E-state index contributed by atoms with van der Waals surface area (Å²) in [6.07, 6.45) is -2.73. The minimum atomic E-state index is -4.76. The van der Waals surface area contributed by atoms with E-state index in [1.165, 1.54) is 30.3 Å². The quantitative estimate of drug-likeness (QED) is 0.210. The topological polar surface area (TPSA) is 92.8 Å². The van der Waals surface area contributed by atoms with Gasteiger partial charge in [0.1, 0.15) is 17.7 Å². The van der Waals surface area contributed by atoms with Crippen LogP contribution in [0, 0.1) is 5.82 Å². The molecule has 0 aromatic heterocycles. The molecule has 230 valence electrons. The highest BCUT2D eigenvalue weighted by molar-refractivity contribution is 7.92. The first-order chi connectivity index (χ1) is 20.2. The summed E-state index contributed by atoms with van der Waals surface area (Å²) in [6, 6.07) is 12.3. The maximum atomic E-state index is 14.5. The highest BCUT2D eigenvalue weighted by Crippen LogP contribution is 2.40. The fourth-order valence-electron chi connectivity index (χ4n) is 4.81. The van der Waals surface area contributed by atoms with Crippen LogP contribution in [0.5, 0.6) is 5.75 Å². The number of benzene rings is 3. The van der Waals surface area contributed by atoms with Crippen LogP contribution in [-0.2, 0) is 26.2 Å². The van der Waals surface area contributed by atoms with Crippen LogP contribution in [0.4, 0.5) is 23.2 Å². The zero-order valence-corrected chi connectivity index (χ0v) is 25.1. The molecule has 0 saturated heterocycles. The Kier molecular flexibility index (Phi) is 8.55. The number of ether oxygens (including phenoxy) is 1. The molecular weight excluding hydrogens is 632 g/mol. The molecule has 0 spiro atoms. The van der Waals surface area contributed by atoms with Gasteiger partial charge in [-0.2, -0.15) is 13.2 Å². The van der Waals surface area contributed by atoms with Crippen LogP contribution in [0.25, 0.3) is 11.6 Å². The van der Waals surface area contributed by atoms with Crippen molar-refractivity contribution in [3.8, 4) is 5.75 Å². The van der Waals surface area contributed by atoms with Gasteiger partial charge in [0.25, 0.3) is 10.0 Å². The fraction of sp³-hybridized carbons (Fsp3) is 0.310. The van der Waals surface area contributed by atoms with Gasteiger partial charge in [-0.25, -0.2) is 25.9 Å². The van der Waals surface area contributed by atoms with Crippen LogP contribution in [0.15, 0.2) is 65.6 Å². The van der Waals surface area contributed by atoms with Crippen LogP contribution < -0.4 is 13.8 Å². The largest absolute Gasteiger partial charge is 0.486 e. The Hall–Kier alpha value is -3.13. The van der Waals surface area contributed by atoms with Crippen LogP contribution in [0.3, 0.4) is 0 Å². The molecule has 1 N–H and O–H groups in total. The van der Waals surface area contributed by atoms with Crippen molar-refractivity contribution < 1.29 is 39.1 Å². The summed E-state index contributed by atoms with van der Waals surface area (Å²) in [5.74, 6) is -0.410. The van der Waals surface area contributed by atoms with Gasteiger partial charge in [0.15, 0.2) is 0 Å². The van der Waals surface area contributed by atoms with Gasteiger partial charge in [-0.05, 0) is 79.8 Å². The molecule has 7 nitrogen and oxygen atoms in total. The molecule has 1 atom stereocenters. The second kappa shape index (κ2) is 11.8. The molecule has 1 saturated carbocycles. The zero-order chi connectivity index (χ0) is 31.2. The molecule has 14 heteroatoms. The van der Waals surface area contributed by atoms with Crippen molar-refractivity contribution >= 4 is 49.0 Å². The Morgan fingerprint density at radius 2 is 1.79 bits per heavy atom. The number of halogens is 5. The molecule has 1 aliphatic heterocycles. The Morgan fingerprint density at radius 3 is 2.47 bits per heavy atom. The highest BCUT2D eigenvalue weighted by atomic mass is 35.5. The number of alkyl halides is 3. The number of nitrogens with zero attached hydrogens (tertiary/aromatic N) is 1. The lowest BCUT2D eigenvalue weighted by Gasteiger charge is -2.36. The molecule has 0 bridgehead atoms. The summed E-state index contributed by atoms with van der Waals surface area (Å²) in [7, 11) is -8.03. The number of hydrogen-bond acceptors (Lipinski definition) is 5. The van der Waals surface area contributed by atoms with Gasteiger partial charge in [-0.1, -0.05) is 35.9 Å². The first kappa shape index (κ1) is 31.3. The van der Waals surface area contributed by atoms with Gasteiger partial charge in [0.2, 0.25) is 10.0 Å². The number of hydrogen-bond donors (Lipinski definition) is 1. The molecule has 1 aliphatic carbocycles. The van der Waals surface area contributed by atoms with E-state index >= 15 is 0 Å². The van der Waals surface area contributed by atoms with Crippen LogP contribution in [-0.4, -0.2) is 41.3 Å². The summed E-state index contributed by atoms with van der Waals surface area (Å²) >= 11 is 6.20. The minimum Gasteiger partial charge on any atom is -0.486 e. The minimum absolute atomic E-state index is 0.0142. The zero-order valence-electron chi connectivity index (χ0n) is 22.7. The SMILES string of the molecule is C/C(=C\c1ccc2c(c1)N(S(=O)(=O)c1cccc(C(F)(F)F)c1)C[C@H](CCNS(=O)(=O)C1CC1)O2)c1c(F)cccc1Cl. The molecule has 5 rings (SSSR count). The number of allylic oxidation sites excluding steroid dienone is 1. The number of anilines is 1.